The Morgan fingerprint density at radius 1 is 1.03 bits per heavy atom. The number of carbonyl (C=O) groups is 2. The molecule has 1 aromatic heterocycles. The molecule has 8 heteroatoms. The predicted molar refractivity (Wildman–Crippen MR) is 137 cm³/mol. The number of piperidine rings is 1. The van der Waals surface area contributed by atoms with Gasteiger partial charge >= 0.3 is 6.01 Å². The molecule has 1 saturated heterocycles. The molecule has 5 rings (SSSR count). The zero-order valence-electron chi connectivity index (χ0n) is 20.9. The second-order valence-electron chi connectivity index (χ2n) is 9.69. The summed E-state index contributed by atoms with van der Waals surface area (Å²) in [7, 11) is 0. The number of hydrogen-bond acceptors (Lipinski definition) is 5. The van der Waals surface area contributed by atoms with E-state index in [-0.39, 0.29) is 5.91 Å². The lowest BCUT2D eigenvalue weighted by Gasteiger charge is -2.33. The lowest BCUT2D eigenvalue weighted by atomic mass is 9.88. The molecular formula is C28H33N5O3. The SMILES string of the molecule is CCOc1nnc(-c2cc(C(=O)N3CCC(c4ccc(C(N)=O)cc4)CC3)c(CC)cc2C2CC2)[nH]1. The Morgan fingerprint density at radius 3 is 2.36 bits per heavy atom. The van der Waals surface area contributed by atoms with Crippen molar-refractivity contribution < 1.29 is 14.3 Å². The molecule has 2 aromatic carbocycles. The zero-order chi connectivity index (χ0) is 25.2. The van der Waals surface area contributed by atoms with Crippen molar-refractivity contribution in [1.29, 1.82) is 0 Å². The van der Waals surface area contributed by atoms with Crippen LogP contribution in [0.15, 0.2) is 36.4 Å². The molecule has 0 bridgehead atoms. The number of aromatic nitrogens is 3. The number of aromatic amines is 1. The highest BCUT2D eigenvalue weighted by molar-refractivity contribution is 5.97. The summed E-state index contributed by atoms with van der Waals surface area (Å²) in [6.45, 7) is 5.91. The standard InChI is InChI=1S/C28H33N5O3/c1-3-17-15-22(20-7-8-20)24(26-30-28(32-31-26)36-4-2)16-23(17)27(35)33-13-11-19(12-14-33)18-5-9-21(10-6-18)25(29)34/h5-6,9-10,15-16,19-20H,3-4,7-8,11-14H2,1-2H3,(H2,29,34)(H,30,31,32). The summed E-state index contributed by atoms with van der Waals surface area (Å²) in [5.74, 6) is 1.17. The monoisotopic (exact) mass is 487 g/mol. The third kappa shape index (κ3) is 4.85. The van der Waals surface area contributed by atoms with Gasteiger partial charge in [0.25, 0.3) is 5.91 Å². The first-order valence-corrected chi connectivity index (χ1v) is 12.9. The van der Waals surface area contributed by atoms with Crippen LogP contribution >= 0.6 is 0 Å². The van der Waals surface area contributed by atoms with Gasteiger partial charge in [0.2, 0.25) is 5.91 Å². The van der Waals surface area contributed by atoms with E-state index in [9.17, 15) is 9.59 Å². The minimum atomic E-state index is -0.416. The van der Waals surface area contributed by atoms with E-state index in [1.165, 1.54) is 11.1 Å². The van der Waals surface area contributed by atoms with Gasteiger partial charge in [-0.25, -0.2) is 0 Å². The maximum Gasteiger partial charge on any atom is 0.314 e. The molecule has 1 saturated carbocycles. The third-order valence-corrected chi connectivity index (χ3v) is 7.35. The van der Waals surface area contributed by atoms with E-state index in [0.29, 0.717) is 48.9 Å². The lowest BCUT2D eigenvalue weighted by molar-refractivity contribution is 0.0711. The average molecular weight is 488 g/mol. The quantitative estimate of drug-likeness (QED) is 0.488. The molecule has 1 aliphatic heterocycles. The van der Waals surface area contributed by atoms with E-state index in [0.717, 1.165) is 48.8 Å². The maximum absolute atomic E-state index is 13.7. The van der Waals surface area contributed by atoms with Crippen LogP contribution in [0.2, 0.25) is 0 Å². The number of hydrogen-bond donors (Lipinski definition) is 2. The zero-order valence-corrected chi connectivity index (χ0v) is 20.9. The van der Waals surface area contributed by atoms with Gasteiger partial charge in [0.1, 0.15) is 0 Å². The topological polar surface area (TPSA) is 114 Å². The van der Waals surface area contributed by atoms with Crippen molar-refractivity contribution in [3.05, 3.63) is 64.2 Å². The second kappa shape index (κ2) is 10.1. The van der Waals surface area contributed by atoms with Gasteiger partial charge in [-0.1, -0.05) is 30.2 Å². The fraction of sp³-hybridized carbons (Fsp3) is 0.429. The summed E-state index contributed by atoms with van der Waals surface area (Å²) in [5.41, 5.74) is 11.1. The van der Waals surface area contributed by atoms with Gasteiger partial charge < -0.3 is 15.4 Å². The van der Waals surface area contributed by atoms with E-state index in [4.69, 9.17) is 10.5 Å². The summed E-state index contributed by atoms with van der Waals surface area (Å²) in [6.07, 6.45) is 4.88. The lowest BCUT2D eigenvalue weighted by Crippen LogP contribution is -2.38. The number of ether oxygens (including phenoxy) is 1. The van der Waals surface area contributed by atoms with Gasteiger partial charge in [0.05, 0.1) is 6.61 Å². The summed E-state index contributed by atoms with van der Waals surface area (Å²) in [4.78, 5) is 30.2. The molecule has 36 heavy (non-hydrogen) atoms. The van der Waals surface area contributed by atoms with E-state index >= 15 is 0 Å². The fourth-order valence-electron chi connectivity index (χ4n) is 5.17. The molecule has 3 aromatic rings. The van der Waals surface area contributed by atoms with Crippen LogP contribution < -0.4 is 10.5 Å². The highest BCUT2D eigenvalue weighted by Gasteiger charge is 2.31. The van der Waals surface area contributed by atoms with Crippen molar-refractivity contribution in [2.75, 3.05) is 19.7 Å². The first-order chi connectivity index (χ1) is 17.5. The summed E-state index contributed by atoms with van der Waals surface area (Å²) in [5, 5.41) is 8.43. The number of benzene rings is 2. The molecule has 2 fully saturated rings. The van der Waals surface area contributed by atoms with E-state index in [1.807, 2.05) is 30.0 Å². The summed E-state index contributed by atoms with van der Waals surface area (Å²) >= 11 is 0. The Morgan fingerprint density at radius 2 is 1.75 bits per heavy atom. The molecule has 2 aliphatic rings. The van der Waals surface area contributed by atoms with Crippen LogP contribution in [0, 0.1) is 0 Å². The van der Waals surface area contributed by atoms with E-state index in [2.05, 4.69) is 28.2 Å². The van der Waals surface area contributed by atoms with E-state index < -0.39 is 5.91 Å². The van der Waals surface area contributed by atoms with Crippen LogP contribution in [0.3, 0.4) is 0 Å². The second-order valence-corrected chi connectivity index (χ2v) is 9.69. The van der Waals surface area contributed by atoms with Gasteiger partial charge in [0.15, 0.2) is 5.82 Å². The fourth-order valence-corrected chi connectivity index (χ4v) is 5.17. The first kappa shape index (κ1) is 24.0. The van der Waals surface area contributed by atoms with Crippen LogP contribution in [-0.4, -0.2) is 51.6 Å². The number of nitrogens with one attached hydrogen (secondary N) is 1. The maximum atomic E-state index is 13.7. The number of aryl methyl sites for hydroxylation is 1. The molecule has 0 unspecified atom stereocenters. The molecule has 2 heterocycles. The average Bonchev–Trinajstić information content (AvgIpc) is 3.66. The smallest absolute Gasteiger partial charge is 0.314 e. The predicted octanol–water partition coefficient (Wildman–Crippen LogP) is 4.43. The molecule has 0 atom stereocenters. The molecule has 3 N–H and O–H groups in total. The molecule has 1 aliphatic carbocycles. The van der Waals surface area contributed by atoms with Gasteiger partial charge in [-0.05, 0) is 85.8 Å². The normalized spacial score (nSPS) is 16.2. The van der Waals surface area contributed by atoms with Gasteiger partial charge in [0, 0.05) is 29.8 Å². The number of likely N-dealkylation sites (tertiary alicyclic amines) is 1. The summed E-state index contributed by atoms with van der Waals surface area (Å²) in [6, 6.07) is 12.1. The molecule has 0 spiro atoms. The number of amides is 2. The van der Waals surface area contributed by atoms with Crippen molar-refractivity contribution >= 4 is 11.8 Å². The minimum Gasteiger partial charge on any atom is -0.464 e. The third-order valence-electron chi connectivity index (χ3n) is 7.35. The largest absolute Gasteiger partial charge is 0.464 e. The van der Waals surface area contributed by atoms with Crippen molar-refractivity contribution in [3.8, 4) is 17.4 Å². The minimum absolute atomic E-state index is 0.0718. The van der Waals surface area contributed by atoms with Gasteiger partial charge in [-0.15, -0.1) is 5.10 Å². The van der Waals surface area contributed by atoms with Gasteiger partial charge in [-0.2, -0.15) is 0 Å². The van der Waals surface area contributed by atoms with Crippen molar-refractivity contribution in [1.82, 2.24) is 20.1 Å². The van der Waals surface area contributed by atoms with Crippen LogP contribution in [0.5, 0.6) is 6.01 Å². The highest BCUT2D eigenvalue weighted by atomic mass is 16.5. The highest BCUT2D eigenvalue weighted by Crippen LogP contribution is 2.45. The Kier molecular flexibility index (Phi) is 6.76. The van der Waals surface area contributed by atoms with Crippen LogP contribution in [0.1, 0.15) is 88.8 Å². The van der Waals surface area contributed by atoms with Crippen LogP contribution in [0.4, 0.5) is 0 Å². The molecule has 8 nitrogen and oxygen atoms in total. The first-order valence-electron chi connectivity index (χ1n) is 12.9. The number of H-pyrrole nitrogens is 1. The Labute approximate surface area is 211 Å². The molecular weight excluding hydrogens is 454 g/mol. The number of carbonyl (C=O) groups excluding carboxylic acids is 2. The number of nitrogens with two attached hydrogens (primary N) is 1. The summed E-state index contributed by atoms with van der Waals surface area (Å²) < 4.78 is 5.48. The van der Waals surface area contributed by atoms with Crippen LogP contribution in [-0.2, 0) is 6.42 Å². The van der Waals surface area contributed by atoms with Crippen LogP contribution in [0.25, 0.3) is 11.4 Å². The molecule has 0 radical (unpaired) electrons. The number of rotatable bonds is 8. The van der Waals surface area contributed by atoms with Gasteiger partial charge in [-0.3, -0.25) is 14.6 Å². The Balaban J connectivity index is 1.37. The Hall–Kier alpha value is -3.68. The van der Waals surface area contributed by atoms with Crippen molar-refractivity contribution in [2.45, 2.75) is 57.8 Å². The molecule has 2 amide bonds. The Bertz CT molecular complexity index is 1250. The van der Waals surface area contributed by atoms with Crippen molar-refractivity contribution in [3.63, 3.8) is 0 Å². The molecule has 188 valence electrons. The number of nitrogens with zero attached hydrogens (tertiary/aromatic N) is 3. The van der Waals surface area contributed by atoms with E-state index in [1.54, 1.807) is 12.1 Å². The van der Waals surface area contributed by atoms with Crippen molar-refractivity contribution in [2.24, 2.45) is 5.73 Å². The number of primary amides is 1.